The van der Waals surface area contributed by atoms with E-state index in [9.17, 15) is 19.5 Å². The molecule has 0 aliphatic rings. The quantitative estimate of drug-likeness (QED) is 0.438. The number of carbonyl (C=O) groups is 3. The lowest BCUT2D eigenvalue weighted by atomic mass is 9.99. The molecule has 0 radical (unpaired) electrons. The van der Waals surface area contributed by atoms with Crippen molar-refractivity contribution in [3.63, 3.8) is 0 Å². The number of aliphatic hydroxyl groups is 1. The Morgan fingerprint density at radius 2 is 1.91 bits per heavy atom. The Hall–Kier alpha value is -2.87. The third-order valence-corrected chi connectivity index (χ3v) is 4.80. The molecule has 0 aliphatic carbocycles. The Balaban J connectivity index is 3.35. The highest BCUT2D eigenvalue weighted by atomic mass is 16.6. The predicted molar refractivity (Wildman–Crippen MR) is 129 cm³/mol. The van der Waals surface area contributed by atoms with Crippen LogP contribution in [-0.2, 0) is 14.3 Å². The van der Waals surface area contributed by atoms with Gasteiger partial charge in [0, 0.05) is 12.6 Å². The van der Waals surface area contributed by atoms with Crippen LogP contribution in [0.1, 0.15) is 71.6 Å². The van der Waals surface area contributed by atoms with E-state index < -0.39 is 42.3 Å². The molecule has 0 heterocycles. The number of aliphatic hydroxyl groups excluding tert-OH is 1. The maximum Gasteiger partial charge on any atom is 0.408 e. The molecule has 0 aliphatic heterocycles. The molecule has 8 heteroatoms. The van der Waals surface area contributed by atoms with Gasteiger partial charge in [-0.25, -0.2) is 4.79 Å². The van der Waals surface area contributed by atoms with Gasteiger partial charge in [-0.15, -0.1) is 0 Å². The van der Waals surface area contributed by atoms with Crippen molar-refractivity contribution >= 4 is 24.0 Å². The number of nitrogens with zero attached hydrogens (tertiary/aromatic N) is 1. The number of amides is 3. The van der Waals surface area contributed by atoms with Crippen LogP contribution in [0.4, 0.5) is 4.79 Å². The summed E-state index contributed by atoms with van der Waals surface area (Å²) in [7, 11) is 0. The second-order valence-electron chi connectivity index (χ2n) is 9.14. The van der Waals surface area contributed by atoms with Crippen molar-refractivity contribution in [2.24, 2.45) is 0 Å². The lowest BCUT2D eigenvalue weighted by molar-refractivity contribution is -0.145. The zero-order valence-corrected chi connectivity index (χ0v) is 20.7. The van der Waals surface area contributed by atoms with E-state index in [0.29, 0.717) is 12.1 Å². The van der Waals surface area contributed by atoms with Crippen molar-refractivity contribution < 1.29 is 24.2 Å². The van der Waals surface area contributed by atoms with E-state index in [-0.39, 0.29) is 5.91 Å². The maximum absolute atomic E-state index is 13.5. The van der Waals surface area contributed by atoms with E-state index in [2.05, 4.69) is 17.2 Å². The molecule has 0 saturated heterocycles. The van der Waals surface area contributed by atoms with E-state index >= 15 is 0 Å². The minimum absolute atomic E-state index is 0.333. The van der Waals surface area contributed by atoms with Gasteiger partial charge in [0.15, 0.2) is 0 Å². The zero-order valence-electron chi connectivity index (χ0n) is 20.7. The van der Waals surface area contributed by atoms with Gasteiger partial charge in [-0.2, -0.15) is 0 Å². The van der Waals surface area contributed by atoms with Gasteiger partial charge in [-0.05, 0) is 58.2 Å². The van der Waals surface area contributed by atoms with E-state index in [1.807, 2.05) is 13.0 Å². The van der Waals surface area contributed by atoms with Crippen LogP contribution in [0.15, 0.2) is 30.8 Å². The fourth-order valence-electron chi connectivity index (χ4n) is 3.27. The standard InChI is InChI=1S/C25H39N3O5/c1-8-10-14-26-22(30)21(19-13-11-12-18(9-2)15-19)28(17(3)4)23(31)20(16-29)27-24(32)33-25(5,6)7/h9,11-13,15,17,20-21,29H,2,8,10,14,16H2,1,3-7H3,(H,26,30)(H,27,32). The number of benzene rings is 1. The Morgan fingerprint density at radius 1 is 1.24 bits per heavy atom. The van der Waals surface area contributed by atoms with Crippen molar-refractivity contribution in [3.05, 3.63) is 42.0 Å². The lowest BCUT2D eigenvalue weighted by Crippen LogP contribution is -2.56. The minimum atomic E-state index is -1.27. The monoisotopic (exact) mass is 461 g/mol. The highest BCUT2D eigenvalue weighted by Crippen LogP contribution is 2.26. The molecule has 0 aromatic heterocycles. The fourth-order valence-corrected chi connectivity index (χ4v) is 3.27. The summed E-state index contributed by atoms with van der Waals surface area (Å²) in [6, 6.07) is 4.60. The van der Waals surface area contributed by atoms with Gasteiger partial charge in [0.05, 0.1) is 6.61 Å². The molecular formula is C25H39N3O5. The Labute approximate surface area is 197 Å². The van der Waals surface area contributed by atoms with Crippen LogP contribution in [0.3, 0.4) is 0 Å². The summed E-state index contributed by atoms with van der Waals surface area (Å²) in [4.78, 5) is 40.4. The summed E-state index contributed by atoms with van der Waals surface area (Å²) in [5.41, 5.74) is 0.649. The summed E-state index contributed by atoms with van der Waals surface area (Å²) >= 11 is 0. The number of ether oxygens (including phenoxy) is 1. The first kappa shape index (κ1) is 28.2. The van der Waals surface area contributed by atoms with E-state index in [1.165, 1.54) is 4.90 Å². The lowest BCUT2D eigenvalue weighted by Gasteiger charge is -2.37. The SMILES string of the molecule is C=Cc1cccc(C(C(=O)NCCCC)N(C(=O)C(CO)NC(=O)OC(C)(C)C)C(C)C)c1. The molecule has 0 spiro atoms. The summed E-state index contributed by atoms with van der Waals surface area (Å²) in [6.45, 7) is 14.3. The second-order valence-corrected chi connectivity index (χ2v) is 9.14. The van der Waals surface area contributed by atoms with Crippen molar-refractivity contribution in [1.82, 2.24) is 15.5 Å². The highest BCUT2D eigenvalue weighted by molar-refractivity contribution is 5.92. The third-order valence-electron chi connectivity index (χ3n) is 4.80. The largest absolute Gasteiger partial charge is 0.444 e. The molecule has 2 unspecified atom stereocenters. The molecule has 33 heavy (non-hydrogen) atoms. The molecule has 2 atom stereocenters. The number of unbranched alkanes of at least 4 members (excludes halogenated alkanes) is 1. The van der Waals surface area contributed by atoms with Gasteiger partial charge in [-0.1, -0.05) is 44.2 Å². The number of hydrogen-bond donors (Lipinski definition) is 3. The van der Waals surface area contributed by atoms with Crippen LogP contribution >= 0.6 is 0 Å². The maximum atomic E-state index is 13.5. The Morgan fingerprint density at radius 3 is 2.42 bits per heavy atom. The van der Waals surface area contributed by atoms with Gasteiger partial charge in [0.25, 0.3) is 0 Å². The average Bonchev–Trinajstić information content (AvgIpc) is 2.73. The first-order valence-corrected chi connectivity index (χ1v) is 11.4. The molecule has 1 aromatic rings. The van der Waals surface area contributed by atoms with Crippen molar-refractivity contribution in [1.29, 1.82) is 0 Å². The average molecular weight is 462 g/mol. The molecular weight excluding hydrogens is 422 g/mol. The van der Waals surface area contributed by atoms with Gasteiger partial charge in [0.2, 0.25) is 11.8 Å². The molecule has 3 N–H and O–H groups in total. The third kappa shape index (κ3) is 8.88. The van der Waals surface area contributed by atoms with Crippen LogP contribution in [0.2, 0.25) is 0 Å². The van der Waals surface area contributed by atoms with Crippen molar-refractivity contribution in [2.45, 2.75) is 78.1 Å². The number of hydrogen-bond acceptors (Lipinski definition) is 5. The molecule has 8 nitrogen and oxygen atoms in total. The molecule has 3 amide bonds. The van der Waals surface area contributed by atoms with Gasteiger partial charge in [-0.3, -0.25) is 9.59 Å². The second kappa shape index (κ2) is 13.0. The van der Waals surface area contributed by atoms with Crippen LogP contribution in [0, 0.1) is 0 Å². The smallest absolute Gasteiger partial charge is 0.408 e. The molecule has 1 rings (SSSR count). The molecule has 0 saturated carbocycles. The van der Waals surface area contributed by atoms with Crippen LogP contribution < -0.4 is 10.6 Å². The van der Waals surface area contributed by atoms with E-state index in [0.717, 1.165) is 18.4 Å². The topological polar surface area (TPSA) is 108 Å². The first-order chi connectivity index (χ1) is 15.4. The van der Waals surface area contributed by atoms with Crippen molar-refractivity contribution in [2.75, 3.05) is 13.2 Å². The summed E-state index contributed by atoms with van der Waals surface area (Å²) < 4.78 is 5.23. The first-order valence-electron chi connectivity index (χ1n) is 11.4. The summed E-state index contributed by atoms with van der Waals surface area (Å²) in [5.74, 6) is -0.918. The van der Waals surface area contributed by atoms with E-state index in [4.69, 9.17) is 4.74 Å². The number of carbonyl (C=O) groups excluding carboxylic acids is 3. The normalized spacial score (nSPS) is 13.1. The zero-order chi connectivity index (χ0) is 25.2. The molecule has 0 bridgehead atoms. The van der Waals surface area contributed by atoms with Crippen LogP contribution in [0.5, 0.6) is 0 Å². The van der Waals surface area contributed by atoms with Gasteiger partial charge < -0.3 is 25.4 Å². The number of rotatable bonds is 11. The van der Waals surface area contributed by atoms with Gasteiger partial charge in [0.1, 0.15) is 17.7 Å². The highest BCUT2D eigenvalue weighted by Gasteiger charge is 2.37. The molecule has 1 aromatic carbocycles. The Kier molecular flexibility index (Phi) is 11.1. The molecule has 184 valence electrons. The predicted octanol–water partition coefficient (Wildman–Crippen LogP) is 3.41. The summed E-state index contributed by atoms with van der Waals surface area (Å²) in [6.07, 6.45) is 2.56. The molecule has 0 fully saturated rings. The number of nitrogens with one attached hydrogen (secondary N) is 2. The van der Waals surface area contributed by atoms with Crippen LogP contribution in [0.25, 0.3) is 6.08 Å². The summed E-state index contributed by atoms with van der Waals surface area (Å²) in [5, 5.41) is 15.2. The van der Waals surface area contributed by atoms with Crippen molar-refractivity contribution in [3.8, 4) is 0 Å². The fraction of sp³-hybridized carbons (Fsp3) is 0.560. The number of alkyl carbamates (subject to hydrolysis) is 1. The van der Waals surface area contributed by atoms with E-state index in [1.54, 1.807) is 58.9 Å². The van der Waals surface area contributed by atoms with Gasteiger partial charge >= 0.3 is 6.09 Å². The van der Waals surface area contributed by atoms with Crippen LogP contribution in [-0.4, -0.2) is 58.8 Å². The minimum Gasteiger partial charge on any atom is -0.444 e. The Bertz CT molecular complexity index is 817.